The predicted octanol–water partition coefficient (Wildman–Crippen LogP) is 4.96. The summed E-state index contributed by atoms with van der Waals surface area (Å²) in [5.41, 5.74) is 21.1. The number of fused-ring (bicyclic) bond motifs is 2. The van der Waals surface area contributed by atoms with Crippen molar-refractivity contribution in [1.29, 1.82) is 0 Å². The molecule has 0 radical (unpaired) electrons. The highest BCUT2D eigenvalue weighted by molar-refractivity contribution is 7.11. The first-order chi connectivity index (χ1) is 20.9. The predicted molar refractivity (Wildman–Crippen MR) is 193 cm³/mol. The van der Waals surface area contributed by atoms with E-state index in [4.69, 9.17) is 0 Å². The third kappa shape index (κ3) is 5.25. The van der Waals surface area contributed by atoms with Gasteiger partial charge in [0.25, 0.3) is 0 Å². The van der Waals surface area contributed by atoms with Crippen molar-refractivity contribution >= 4 is 46.2 Å². The molecule has 0 saturated heterocycles. The maximum absolute atomic E-state index is 2.56. The van der Waals surface area contributed by atoms with Gasteiger partial charge < -0.3 is 0 Å². The van der Waals surface area contributed by atoms with Crippen molar-refractivity contribution in [1.82, 2.24) is 0 Å². The average molecular weight is 574 g/mol. The first-order valence-electron chi connectivity index (χ1n) is 16.2. The van der Waals surface area contributed by atoms with Crippen LogP contribution in [0.5, 0.6) is 0 Å². The van der Waals surface area contributed by atoms with E-state index in [1.54, 1.807) is 0 Å². The van der Waals surface area contributed by atoms with Gasteiger partial charge in [0.2, 0.25) is 19.1 Å². The van der Waals surface area contributed by atoms with Crippen LogP contribution in [-0.4, -0.2) is 13.4 Å². The SMILES string of the molecule is Cc1c[n+](C)c(-c2cc3c(cc2C)B(c2c(C)cccc2C)c2ccccc2B3c2c(C)cccc2C)cc1CC(C)(C)C. The van der Waals surface area contributed by atoms with Gasteiger partial charge in [-0.15, -0.1) is 0 Å². The monoisotopic (exact) mass is 574 g/mol. The Bertz CT molecular complexity index is 1870. The van der Waals surface area contributed by atoms with Crippen molar-refractivity contribution in [2.75, 3.05) is 0 Å². The van der Waals surface area contributed by atoms with Crippen LogP contribution in [-0.2, 0) is 13.5 Å². The second kappa shape index (κ2) is 11.3. The minimum absolute atomic E-state index is 0.173. The van der Waals surface area contributed by atoms with Gasteiger partial charge in [-0.25, -0.2) is 4.57 Å². The van der Waals surface area contributed by atoms with E-state index in [1.165, 1.54) is 83.0 Å². The molecule has 0 spiro atoms. The van der Waals surface area contributed by atoms with Crippen LogP contribution in [0, 0.1) is 47.0 Å². The molecular formula is C41H46B2N+. The first kappa shape index (κ1) is 30.2. The van der Waals surface area contributed by atoms with Crippen LogP contribution in [0.2, 0.25) is 0 Å². The number of hydrogen-bond donors (Lipinski definition) is 0. The number of hydrogen-bond acceptors (Lipinski definition) is 0. The molecule has 0 unspecified atom stereocenters. The molecule has 1 nitrogen and oxygen atoms in total. The Balaban J connectivity index is 1.69. The molecule has 0 fully saturated rings. The van der Waals surface area contributed by atoms with Crippen molar-refractivity contribution < 1.29 is 4.57 Å². The van der Waals surface area contributed by atoms with Gasteiger partial charge in [0.15, 0.2) is 6.20 Å². The highest BCUT2D eigenvalue weighted by Gasteiger charge is 2.41. The van der Waals surface area contributed by atoms with Gasteiger partial charge in [0.1, 0.15) is 7.05 Å². The lowest BCUT2D eigenvalue weighted by Crippen LogP contribution is -2.76. The summed E-state index contributed by atoms with van der Waals surface area (Å²) < 4.78 is 2.34. The molecule has 1 aliphatic rings. The van der Waals surface area contributed by atoms with E-state index in [9.17, 15) is 0 Å². The summed E-state index contributed by atoms with van der Waals surface area (Å²) >= 11 is 0. The van der Waals surface area contributed by atoms with Gasteiger partial charge in [-0.2, -0.15) is 0 Å². The number of aromatic nitrogens is 1. The molecule has 4 aromatic carbocycles. The van der Waals surface area contributed by atoms with Gasteiger partial charge in [-0.3, -0.25) is 0 Å². The lowest BCUT2D eigenvalue weighted by atomic mass is 9.20. The summed E-state index contributed by atoms with van der Waals surface area (Å²) in [5.74, 6) is 0. The summed E-state index contributed by atoms with van der Waals surface area (Å²) in [6.07, 6.45) is 3.39. The van der Waals surface area contributed by atoms with E-state index < -0.39 is 0 Å². The molecular weight excluding hydrogens is 528 g/mol. The molecule has 3 heteroatoms. The Morgan fingerprint density at radius 3 is 1.50 bits per heavy atom. The Morgan fingerprint density at radius 2 is 1.02 bits per heavy atom. The fourth-order valence-corrected chi connectivity index (χ4v) is 7.94. The summed E-state index contributed by atoms with van der Waals surface area (Å²) in [4.78, 5) is 0. The Morgan fingerprint density at radius 1 is 0.545 bits per heavy atom. The zero-order chi connectivity index (χ0) is 31.5. The number of nitrogens with zero attached hydrogens (tertiary/aromatic N) is 1. The summed E-state index contributed by atoms with van der Waals surface area (Å²) in [6, 6.07) is 30.3. The van der Waals surface area contributed by atoms with Crippen molar-refractivity contribution in [2.45, 2.75) is 68.7 Å². The minimum atomic E-state index is 0.173. The molecule has 0 saturated carbocycles. The van der Waals surface area contributed by atoms with Crippen LogP contribution in [0.1, 0.15) is 59.7 Å². The van der Waals surface area contributed by atoms with E-state index in [1.807, 2.05) is 0 Å². The minimum Gasteiger partial charge on any atom is -0.201 e. The van der Waals surface area contributed by atoms with E-state index in [0.29, 0.717) is 0 Å². The van der Waals surface area contributed by atoms with Crippen LogP contribution >= 0.6 is 0 Å². The molecule has 44 heavy (non-hydrogen) atoms. The van der Waals surface area contributed by atoms with Gasteiger partial charge in [-0.05, 0) is 64.5 Å². The van der Waals surface area contributed by atoms with Gasteiger partial charge in [0.05, 0.1) is 0 Å². The smallest absolute Gasteiger partial charge is 0.201 e. The molecule has 5 aromatic rings. The highest BCUT2D eigenvalue weighted by Crippen LogP contribution is 2.27. The molecule has 6 rings (SSSR count). The normalized spacial score (nSPS) is 12.8. The third-order valence-electron chi connectivity index (χ3n) is 9.91. The second-order valence-corrected chi connectivity index (χ2v) is 14.6. The third-order valence-corrected chi connectivity index (χ3v) is 9.91. The molecule has 220 valence electrons. The number of benzene rings is 4. The number of rotatable bonds is 4. The molecule has 0 amide bonds. The van der Waals surface area contributed by atoms with Crippen LogP contribution in [0.15, 0.2) is 85.1 Å². The largest absolute Gasteiger partial charge is 0.240 e. The lowest BCUT2D eigenvalue weighted by Gasteiger charge is -2.35. The quantitative estimate of drug-likeness (QED) is 0.207. The Labute approximate surface area is 266 Å². The fourth-order valence-electron chi connectivity index (χ4n) is 7.94. The molecule has 0 N–H and O–H groups in total. The number of aryl methyl sites for hydroxylation is 7. The lowest BCUT2D eigenvalue weighted by molar-refractivity contribution is -0.660. The zero-order valence-electron chi connectivity index (χ0n) is 28.4. The summed E-state index contributed by atoms with van der Waals surface area (Å²) in [6.45, 7) is 21.1. The topological polar surface area (TPSA) is 3.88 Å². The first-order valence-corrected chi connectivity index (χ1v) is 16.2. The summed E-state index contributed by atoms with van der Waals surface area (Å²) in [5, 5.41) is 0. The molecule has 2 heterocycles. The molecule has 0 bridgehead atoms. The molecule has 0 atom stereocenters. The van der Waals surface area contributed by atoms with E-state index in [-0.39, 0.29) is 18.8 Å². The maximum atomic E-state index is 2.56. The number of pyridine rings is 1. The molecule has 1 aromatic heterocycles. The van der Waals surface area contributed by atoms with Gasteiger partial charge in [-0.1, -0.05) is 149 Å². The van der Waals surface area contributed by atoms with Crippen LogP contribution in [0.3, 0.4) is 0 Å². The summed E-state index contributed by atoms with van der Waals surface area (Å²) in [7, 11) is 2.21. The van der Waals surface area contributed by atoms with Crippen LogP contribution < -0.4 is 37.3 Å². The van der Waals surface area contributed by atoms with Crippen molar-refractivity contribution in [3.05, 3.63) is 124 Å². The Hall–Kier alpha value is -3.84. The van der Waals surface area contributed by atoms with E-state index >= 15 is 0 Å². The molecule has 1 aliphatic heterocycles. The average Bonchev–Trinajstić information content (AvgIpc) is 2.94. The highest BCUT2D eigenvalue weighted by atomic mass is 14.9. The maximum Gasteiger partial charge on any atom is 0.240 e. The van der Waals surface area contributed by atoms with Crippen LogP contribution in [0.25, 0.3) is 11.3 Å². The standard InChI is InChI=1S/C41H46B2N/c1-26-15-13-16-27(2)39(26)42-34-19-11-12-20-35(34)43(40-28(3)17-14-18-29(40)4)37-23-33(30(5)21-36(37)42)38-22-32(24-41(7,8)9)31(6)25-44(38)10/h11-23,25H,24H2,1-10H3/q+1. The second-order valence-electron chi connectivity index (χ2n) is 14.6. The fraction of sp³-hybridized carbons (Fsp3) is 0.293. The van der Waals surface area contributed by atoms with Crippen molar-refractivity contribution in [2.24, 2.45) is 12.5 Å². The van der Waals surface area contributed by atoms with Gasteiger partial charge >= 0.3 is 0 Å². The Kier molecular flexibility index (Phi) is 7.73. The van der Waals surface area contributed by atoms with Gasteiger partial charge in [0, 0.05) is 17.2 Å². The van der Waals surface area contributed by atoms with Crippen molar-refractivity contribution in [3.63, 3.8) is 0 Å². The van der Waals surface area contributed by atoms with Crippen LogP contribution in [0.4, 0.5) is 0 Å². The van der Waals surface area contributed by atoms with Crippen molar-refractivity contribution in [3.8, 4) is 11.3 Å². The zero-order valence-corrected chi connectivity index (χ0v) is 28.4. The molecule has 0 aliphatic carbocycles. The van der Waals surface area contributed by atoms with E-state index in [2.05, 4.69) is 159 Å². The van der Waals surface area contributed by atoms with E-state index in [0.717, 1.165) is 6.42 Å².